The molecule has 0 bridgehead atoms. The molecule has 0 saturated heterocycles. The van der Waals surface area contributed by atoms with Crippen LogP contribution in [-0.2, 0) is 14.3 Å². The summed E-state index contributed by atoms with van der Waals surface area (Å²) >= 11 is 0. The predicted molar refractivity (Wildman–Crippen MR) is 122 cm³/mol. The van der Waals surface area contributed by atoms with Crippen LogP contribution >= 0.6 is 0 Å². The van der Waals surface area contributed by atoms with E-state index in [9.17, 15) is 19.5 Å². The van der Waals surface area contributed by atoms with Crippen LogP contribution in [0.3, 0.4) is 0 Å². The number of nitrogens with one attached hydrogen (secondary N) is 2. The number of para-hydroxylation sites is 1. The number of amides is 2. The van der Waals surface area contributed by atoms with Gasteiger partial charge in [0.25, 0.3) is 0 Å². The molecule has 166 valence electrons. The highest BCUT2D eigenvalue weighted by Crippen LogP contribution is 2.44. The highest BCUT2D eigenvalue weighted by Gasteiger charge is 2.35. The van der Waals surface area contributed by atoms with Crippen LogP contribution in [0.1, 0.15) is 34.9 Å². The first kappa shape index (κ1) is 20.8. The molecule has 2 amide bonds. The molecule has 7 heteroatoms. The largest absolute Gasteiger partial charge is 0.480 e. The third-order valence-electron chi connectivity index (χ3n) is 6.32. The lowest BCUT2D eigenvalue weighted by atomic mass is 9.93. The second kappa shape index (κ2) is 8.43. The molecular weight excluding hydrogens is 420 g/mol. The van der Waals surface area contributed by atoms with Crippen molar-refractivity contribution in [1.82, 2.24) is 5.32 Å². The SMILES string of the molecule is O=C(NC(CC1C(=O)Nc2ccccc21)C(=O)O)OCC1c2ccccc2-c2ccccc21. The maximum absolute atomic E-state index is 12.5. The lowest BCUT2D eigenvalue weighted by Crippen LogP contribution is -2.43. The van der Waals surface area contributed by atoms with Gasteiger partial charge in [0, 0.05) is 11.6 Å². The van der Waals surface area contributed by atoms with Crippen LogP contribution in [0.4, 0.5) is 10.5 Å². The number of fused-ring (bicyclic) bond motifs is 4. The van der Waals surface area contributed by atoms with Crippen LogP contribution in [0.15, 0.2) is 72.8 Å². The minimum absolute atomic E-state index is 0.0671. The van der Waals surface area contributed by atoms with Crippen LogP contribution in [0, 0.1) is 0 Å². The predicted octanol–water partition coefficient (Wildman–Crippen LogP) is 4.10. The van der Waals surface area contributed by atoms with Gasteiger partial charge in [0.1, 0.15) is 12.6 Å². The van der Waals surface area contributed by atoms with Crippen molar-refractivity contribution in [2.45, 2.75) is 24.3 Å². The topological polar surface area (TPSA) is 105 Å². The van der Waals surface area contributed by atoms with Crippen molar-refractivity contribution >= 4 is 23.7 Å². The number of alkyl carbamates (subject to hydrolysis) is 1. The molecule has 1 heterocycles. The van der Waals surface area contributed by atoms with Gasteiger partial charge < -0.3 is 20.5 Å². The normalized spacial score (nSPS) is 16.8. The lowest BCUT2D eigenvalue weighted by Gasteiger charge is -2.19. The second-order valence-electron chi connectivity index (χ2n) is 8.23. The fourth-order valence-corrected chi connectivity index (χ4v) is 4.75. The Morgan fingerprint density at radius 1 is 0.879 bits per heavy atom. The summed E-state index contributed by atoms with van der Waals surface area (Å²) in [6, 6.07) is 21.8. The fraction of sp³-hybridized carbons (Fsp3) is 0.192. The molecule has 3 aromatic rings. The number of aliphatic carboxylic acids is 1. The number of benzene rings is 3. The second-order valence-corrected chi connectivity index (χ2v) is 8.23. The van der Waals surface area contributed by atoms with Crippen molar-refractivity contribution in [3.05, 3.63) is 89.5 Å². The van der Waals surface area contributed by atoms with Crippen molar-refractivity contribution in [3.63, 3.8) is 0 Å². The molecule has 3 aromatic carbocycles. The minimum Gasteiger partial charge on any atom is -0.480 e. The van der Waals surface area contributed by atoms with Crippen molar-refractivity contribution < 1.29 is 24.2 Å². The zero-order chi connectivity index (χ0) is 22.9. The number of hydrogen-bond donors (Lipinski definition) is 3. The lowest BCUT2D eigenvalue weighted by molar-refractivity contribution is -0.139. The van der Waals surface area contributed by atoms with Crippen molar-refractivity contribution in [2.24, 2.45) is 0 Å². The summed E-state index contributed by atoms with van der Waals surface area (Å²) in [7, 11) is 0. The average molecular weight is 442 g/mol. The molecule has 3 N–H and O–H groups in total. The molecule has 1 aliphatic carbocycles. The Bertz CT molecular complexity index is 1210. The smallest absolute Gasteiger partial charge is 0.407 e. The van der Waals surface area contributed by atoms with Gasteiger partial charge in [-0.05, 0) is 40.3 Å². The zero-order valence-electron chi connectivity index (χ0n) is 17.7. The molecule has 0 spiro atoms. The average Bonchev–Trinajstić information content (AvgIpc) is 3.31. The number of rotatable bonds is 6. The molecule has 2 unspecified atom stereocenters. The van der Waals surface area contributed by atoms with E-state index >= 15 is 0 Å². The van der Waals surface area contributed by atoms with Gasteiger partial charge in [-0.3, -0.25) is 4.79 Å². The maximum Gasteiger partial charge on any atom is 0.407 e. The van der Waals surface area contributed by atoms with Crippen LogP contribution < -0.4 is 10.6 Å². The van der Waals surface area contributed by atoms with E-state index in [4.69, 9.17) is 4.74 Å². The van der Waals surface area contributed by atoms with Crippen molar-refractivity contribution in [1.29, 1.82) is 0 Å². The number of carbonyl (C=O) groups is 3. The van der Waals surface area contributed by atoms with Crippen LogP contribution in [0.2, 0.25) is 0 Å². The van der Waals surface area contributed by atoms with Crippen molar-refractivity contribution in [2.75, 3.05) is 11.9 Å². The Morgan fingerprint density at radius 3 is 2.09 bits per heavy atom. The number of anilines is 1. The van der Waals surface area contributed by atoms with E-state index in [1.54, 1.807) is 24.3 Å². The van der Waals surface area contributed by atoms with E-state index in [1.165, 1.54) is 0 Å². The molecule has 0 radical (unpaired) electrons. The molecule has 7 nitrogen and oxygen atoms in total. The number of carboxylic acids is 1. The van der Waals surface area contributed by atoms with Crippen molar-refractivity contribution in [3.8, 4) is 11.1 Å². The Labute approximate surface area is 190 Å². The Balaban J connectivity index is 1.27. The van der Waals surface area contributed by atoms with Gasteiger partial charge >= 0.3 is 12.1 Å². The molecular formula is C26H22N2O5. The molecule has 2 aliphatic rings. The maximum atomic E-state index is 12.5. The minimum atomic E-state index is -1.26. The Hall–Kier alpha value is -4.13. The summed E-state index contributed by atoms with van der Waals surface area (Å²) in [5, 5.41) is 14.8. The van der Waals surface area contributed by atoms with Gasteiger partial charge in [-0.15, -0.1) is 0 Å². The first-order valence-corrected chi connectivity index (χ1v) is 10.8. The van der Waals surface area contributed by atoms with Gasteiger partial charge in [0.2, 0.25) is 5.91 Å². The molecule has 5 rings (SSSR count). The highest BCUT2D eigenvalue weighted by atomic mass is 16.5. The first-order chi connectivity index (χ1) is 16.0. The summed E-state index contributed by atoms with van der Waals surface area (Å²) < 4.78 is 5.47. The summed E-state index contributed by atoms with van der Waals surface area (Å²) in [5.74, 6) is -2.28. The quantitative estimate of drug-likeness (QED) is 0.533. The molecule has 33 heavy (non-hydrogen) atoms. The Kier molecular flexibility index (Phi) is 5.30. The van der Waals surface area contributed by atoms with Gasteiger partial charge in [-0.2, -0.15) is 0 Å². The van der Waals surface area contributed by atoms with E-state index in [2.05, 4.69) is 10.6 Å². The van der Waals surface area contributed by atoms with Crippen LogP contribution in [-0.4, -0.2) is 35.7 Å². The number of carbonyl (C=O) groups excluding carboxylic acids is 2. The van der Waals surface area contributed by atoms with E-state index in [0.29, 0.717) is 5.69 Å². The number of carboxylic acid groups (broad SMARTS) is 1. The molecule has 1 aliphatic heterocycles. The summed E-state index contributed by atoms with van der Waals surface area (Å²) in [4.78, 5) is 36.7. The van der Waals surface area contributed by atoms with E-state index < -0.39 is 24.0 Å². The Morgan fingerprint density at radius 2 is 1.45 bits per heavy atom. The standard InChI is InChI=1S/C26H22N2O5/c29-24-20(19-11-5-6-12-22(19)27-24)13-23(25(30)31)28-26(32)33-14-21-17-9-3-1-7-15(17)16-8-2-4-10-18(16)21/h1-12,20-21,23H,13-14H2,(H,27,29)(H,28,32)(H,30,31). The molecule has 0 aromatic heterocycles. The summed E-state index contributed by atoms with van der Waals surface area (Å²) in [5.41, 5.74) is 5.75. The molecule has 0 saturated carbocycles. The third-order valence-corrected chi connectivity index (χ3v) is 6.32. The molecule has 0 fully saturated rings. The number of hydrogen-bond acceptors (Lipinski definition) is 4. The summed E-state index contributed by atoms with van der Waals surface area (Å²) in [6.07, 6.45) is -0.890. The van der Waals surface area contributed by atoms with Crippen LogP contribution in [0.5, 0.6) is 0 Å². The first-order valence-electron chi connectivity index (χ1n) is 10.8. The highest BCUT2D eigenvalue weighted by molar-refractivity contribution is 6.03. The zero-order valence-corrected chi connectivity index (χ0v) is 17.7. The fourth-order valence-electron chi connectivity index (χ4n) is 4.75. The van der Waals surface area contributed by atoms with Gasteiger partial charge in [0.05, 0.1) is 5.92 Å². The van der Waals surface area contributed by atoms with Gasteiger partial charge in [-0.25, -0.2) is 9.59 Å². The van der Waals surface area contributed by atoms with E-state index in [0.717, 1.165) is 27.8 Å². The van der Waals surface area contributed by atoms with E-state index in [-0.39, 0.29) is 24.9 Å². The number of ether oxygens (including phenoxy) is 1. The third kappa shape index (κ3) is 3.82. The van der Waals surface area contributed by atoms with Gasteiger partial charge in [-0.1, -0.05) is 66.7 Å². The van der Waals surface area contributed by atoms with Gasteiger partial charge in [0.15, 0.2) is 0 Å². The summed E-state index contributed by atoms with van der Waals surface area (Å²) in [6.45, 7) is 0.0823. The molecule has 2 atom stereocenters. The van der Waals surface area contributed by atoms with E-state index in [1.807, 2.05) is 48.5 Å². The monoisotopic (exact) mass is 442 g/mol. The van der Waals surface area contributed by atoms with Crippen LogP contribution in [0.25, 0.3) is 11.1 Å².